The quantitative estimate of drug-likeness (QED) is 0.0510. The molecule has 16 nitrogen and oxygen atoms in total. The first-order valence-electron chi connectivity index (χ1n) is 20.6. The molecule has 6 aromatic rings. The molecule has 16 heteroatoms. The fourth-order valence-electron chi connectivity index (χ4n) is 6.87. The van der Waals surface area contributed by atoms with E-state index in [1.165, 1.54) is 0 Å². The largest absolute Gasteiger partial charge is 0.353 e. The second-order valence-corrected chi connectivity index (χ2v) is 15.2. The van der Waals surface area contributed by atoms with E-state index >= 15 is 0 Å². The van der Waals surface area contributed by atoms with Crippen LogP contribution >= 0.6 is 0 Å². The van der Waals surface area contributed by atoms with Gasteiger partial charge in [-0.2, -0.15) is 0 Å². The highest BCUT2D eigenvalue weighted by atomic mass is 16.2. The van der Waals surface area contributed by atoms with Crippen molar-refractivity contribution in [2.24, 2.45) is 17.2 Å². The van der Waals surface area contributed by atoms with E-state index in [1.54, 1.807) is 19.0 Å². The molecule has 3 aromatic heterocycles. The lowest BCUT2D eigenvalue weighted by Gasteiger charge is -2.24. The Hall–Kier alpha value is -6.46. The molecule has 0 bridgehead atoms. The van der Waals surface area contributed by atoms with E-state index in [-0.39, 0.29) is 37.0 Å². The third-order valence-corrected chi connectivity index (χ3v) is 10.2. The standard InChI is InChI=1S/C45H57N13O3/c46-40(22-37-28-56(31-52-37)25-34-10-4-1-5-11-34)43(59)49-16-19-55(20-17-50-44(60)41(47)23-38-29-57(32-53-38)26-35-12-6-2-7-13-35)21-18-51-45(61)42(48)24-39-30-58(33-54-39)27-36-14-8-3-9-15-36/h1-15,28-33,40-42H,16-27,46-48H2,(H,49,59)(H,50,60)(H,51,61). The Morgan fingerprint density at radius 1 is 0.475 bits per heavy atom. The van der Waals surface area contributed by atoms with Crippen LogP contribution in [0, 0.1) is 0 Å². The summed E-state index contributed by atoms with van der Waals surface area (Å²) in [7, 11) is 0. The summed E-state index contributed by atoms with van der Waals surface area (Å²) in [4.78, 5) is 54.4. The van der Waals surface area contributed by atoms with Crippen LogP contribution in [0.25, 0.3) is 0 Å². The molecule has 0 fully saturated rings. The van der Waals surface area contributed by atoms with Gasteiger partial charge in [0.15, 0.2) is 0 Å². The lowest BCUT2D eigenvalue weighted by molar-refractivity contribution is -0.123. The van der Waals surface area contributed by atoms with Crippen LogP contribution in [0.4, 0.5) is 0 Å². The number of benzene rings is 3. The van der Waals surface area contributed by atoms with Gasteiger partial charge in [0.25, 0.3) is 0 Å². The molecule has 0 spiro atoms. The molecule has 6 rings (SSSR count). The van der Waals surface area contributed by atoms with Crippen molar-refractivity contribution in [1.82, 2.24) is 49.5 Å². The molecule has 320 valence electrons. The predicted octanol–water partition coefficient (Wildman–Crippen LogP) is 1.08. The molecular weight excluding hydrogens is 771 g/mol. The third-order valence-electron chi connectivity index (χ3n) is 10.2. The van der Waals surface area contributed by atoms with Gasteiger partial charge in [-0.25, -0.2) is 15.0 Å². The Labute approximate surface area is 356 Å². The highest BCUT2D eigenvalue weighted by Gasteiger charge is 2.19. The van der Waals surface area contributed by atoms with Crippen molar-refractivity contribution in [3.63, 3.8) is 0 Å². The molecule has 0 radical (unpaired) electrons. The van der Waals surface area contributed by atoms with Crippen LogP contribution in [0.2, 0.25) is 0 Å². The number of carbonyl (C=O) groups excluding carboxylic acids is 3. The fourth-order valence-corrected chi connectivity index (χ4v) is 6.87. The van der Waals surface area contributed by atoms with E-state index in [9.17, 15) is 14.4 Å². The number of nitrogens with one attached hydrogen (secondary N) is 3. The van der Waals surface area contributed by atoms with Crippen LogP contribution in [0.15, 0.2) is 129 Å². The van der Waals surface area contributed by atoms with Crippen molar-refractivity contribution in [2.45, 2.75) is 57.0 Å². The van der Waals surface area contributed by atoms with Crippen LogP contribution in [-0.4, -0.2) is 109 Å². The summed E-state index contributed by atoms with van der Waals surface area (Å²) in [6.45, 7) is 4.22. The minimum Gasteiger partial charge on any atom is -0.353 e. The Morgan fingerprint density at radius 2 is 0.754 bits per heavy atom. The SMILES string of the molecule is NC(Cc1cn(Cc2ccccc2)cn1)C(=O)NCCN(CCNC(=O)C(N)Cc1cn(Cc2ccccc2)cn1)CCNC(=O)C(N)Cc1cn(Cc2ccccc2)cn1. The van der Waals surface area contributed by atoms with E-state index in [0.717, 1.165) is 33.8 Å². The monoisotopic (exact) mass is 827 g/mol. The number of hydrogen-bond acceptors (Lipinski definition) is 10. The topological polar surface area (TPSA) is 222 Å². The number of rotatable bonds is 24. The minimum absolute atomic E-state index is 0.288. The van der Waals surface area contributed by atoms with Gasteiger partial charge in [-0.15, -0.1) is 0 Å². The molecule has 3 aromatic carbocycles. The molecule has 3 amide bonds. The first kappa shape index (κ1) is 44.1. The van der Waals surface area contributed by atoms with Crippen molar-refractivity contribution in [3.8, 4) is 0 Å². The summed E-state index contributed by atoms with van der Waals surface area (Å²) in [5, 5.41) is 8.79. The highest BCUT2D eigenvalue weighted by Crippen LogP contribution is 2.08. The second kappa shape index (κ2) is 22.8. The number of aromatic nitrogens is 6. The molecule has 0 aliphatic heterocycles. The van der Waals surface area contributed by atoms with E-state index in [2.05, 4.69) is 30.9 Å². The van der Waals surface area contributed by atoms with Crippen molar-refractivity contribution < 1.29 is 14.4 Å². The molecule has 0 saturated carbocycles. The summed E-state index contributed by atoms with van der Waals surface area (Å²) in [6.07, 6.45) is 11.8. The van der Waals surface area contributed by atoms with Gasteiger partial charge in [-0.1, -0.05) is 91.0 Å². The Balaban J connectivity index is 0.960. The van der Waals surface area contributed by atoms with Gasteiger partial charge in [0.05, 0.1) is 54.2 Å². The Kier molecular flexibility index (Phi) is 16.5. The zero-order valence-electron chi connectivity index (χ0n) is 34.4. The normalized spacial score (nSPS) is 12.8. The maximum Gasteiger partial charge on any atom is 0.237 e. The van der Waals surface area contributed by atoms with Gasteiger partial charge in [0.1, 0.15) is 0 Å². The summed E-state index contributed by atoms with van der Waals surface area (Å²) < 4.78 is 5.89. The predicted molar refractivity (Wildman–Crippen MR) is 234 cm³/mol. The summed E-state index contributed by atoms with van der Waals surface area (Å²) in [5.74, 6) is -0.893. The van der Waals surface area contributed by atoms with Gasteiger partial charge in [0, 0.05) is 96.8 Å². The molecule has 0 saturated heterocycles. The van der Waals surface area contributed by atoms with E-state index in [4.69, 9.17) is 17.2 Å². The Morgan fingerprint density at radius 3 is 1.03 bits per heavy atom. The number of nitrogens with two attached hydrogens (primary N) is 3. The molecule has 61 heavy (non-hydrogen) atoms. The average Bonchev–Trinajstić information content (AvgIpc) is 4.03. The van der Waals surface area contributed by atoms with Gasteiger partial charge in [-0.3, -0.25) is 19.3 Å². The molecule has 3 heterocycles. The van der Waals surface area contributed by atoms with Crippen LogP contribution in [0.1, 0.15) is 33.8 Å². The van der Waals surface area contributed by atoms with Crippen LogP contribution in [0.3, 0.4) is 0 Å². The number of carbonyl (C=O) groups is 3. The first-order chi connectivity index (χ1) is 29.7. The van der Waals surface area contributed by atoms with E-state index in [1.807, 2.05) is 128 Å². The Bertz CT molecular complexity index is 1990. The molecule has 3 unspecified atom stereocenters. The van der Waals surface area contributed by atoms with Crippen molar-refractivity contribution in [1.29, 1.82) is 0 Å². The number of imidazole rings is 3. The summed E-state index contributed by atoms with van der Waals surface area (Å²) >= 11 is 0. The van der Waals surface area contributed by atoms with Crippen molar-refractivity contribution >= 4 is 17.7 Å². The molecule has 9 N–H and O–H groups in total. The first-order valence-corrected chi connectivity index (χ1v) is 20.6. The zero-order valence-corrected chi connectivity index (χ0v) is 34.4. The summed E-state index contributed by atoms with van der Waals surface area (Å²) in [6, 6.07) is 27.8. The highest BCUT2D eigenvalue weighted by molar-refractivity contribution is 5.82. The minimum atomic E-state index is -0.787. The lowest BCUT2D eigenvalue weighted by atomic mass is 10.1. The maximum atomic E-state index is 13.0. The second-order valence-electron chi connectivity index (χ2n) is 15.2. The number of hydrogen-bond donors (Lipinski definition) is 6. The van der Waals surface area contributed by atoms with Gasteiger partial charge >= 0.3 is 0 Å². The molecule has 0 aliphatic rings. The fraction of sp³-hybridized carbons (Fsp3) is 0.333. The van der Waals surface area contributed by atoms with Crippen LogP contribution in [0.5, 0.6) is 0 Å². The average molecular weight is 828 g/mol. The van der Waals surface area contributed by atoms with Crippen LogP contribution < -0.4 is 33.2 Å². The smallest absolute Gasteiger partial charge is 0.237 e. The van der Waals surface area contributed by atoms with Crippen molar-refractivity contribution in [2.75, 3.05) is 39.3 Å². The maximum absolute atomic E-state index is 13.0. The van der Waals surface area contributed by atoms with Crippen LogP contribution in [-0.2, 0) is 53.3 Å². The third kappa shape index (κ3) is 14.6. The van der Waals surface area contributed by atoms with E-state index in [0.29, 0.717) is 58.9 Å². The summed E-state index contributed by atoms with van der Waals surface area (Å²) in [5.41, 5.74) is 24.5. The van der Waals surface area contributed by atoms with E-state index < -0.39 is 18.1 Å². The number of amides is 3. The molecule has 3 atom stereocenters. The van der Waals surface area contributed by atoms with Gasteiger partial charge in [-0.05, 0) is 16.7 Å². The molecule has 0 aliphatic carbocycles. The van der Waals surface area contributed by atoms with Crippen molar-refractivity contribution in [3.05, 3.63) is 162 Å². The molecular formula is C45H57N13O3. The van der Waals surface area contributed by atoms with Gasteiger partial charge < -0.3 is 46.9 Å². The number of nitrogens with zero attached hydrogens (tertiary/aromatic N) is 7. The van der Waals surface area contributed by atoms with Gasteiger partial charge in [0.2, 0.25) is 17.7 Å². The zero-order chi connectivity index (χ0) is 42.8. The lowest BCUT2D eigenvalue weighted by Crippen LogP contribution is -2.49.